The number of rotatable bonds is 7. The van der Waals surface area contributed by atoms with Crippen molar-refractivity contribution < 1.29 is 23.5 Å². The van der Waals surface area contributed by atoms with Crippen LogP contribution in [0.1, 0.15) is 31.9 Å². The molecule has 0 N–H and O–H groups in total. The monoisotopic (exact) mass is 493 g/mol. The van der Waals surface area contributed by atoms with Crippen LogP contribution in [0, 0.1) is 5.82 Å². The minimum Gasteiger partial charge on any atom is -0.490 e. The van der Waals surface area contributed by atoms with Crippen LogP contribution >= 0.6 is 27.7 Å². The highest BCUT2D eigenvalue weighted by Crippen LogP contribution is 2.39. The minimum atomic E-state index is -0.341. The third-order valence-corrected chi connectivity index (χ3v) is 5.90. The van der Waals surface area contributed by atoms with E-state index < -0.39 is 0 Å². The molecule has 0 atom stereocenters. The lowest BCUT2D eigenvalue weighted by Crippen LogP contribution is -2.34. The summed E-state index contributed by atoms with van der Waals surface area (Å²) in [6.07, 6.45) is 1.65. The van der Waals surface area contributed by atoms with Crippen LogP contribution in [-0.2, 0) is 11.4 Å². The molecule has 0 aliphatic carbocycles. The fourth-order valence-electron chi connectivity index (χ4n) is 2.88. The van der Waals surface area contributed by atoms with Crippen LogP contribution in [0.3, 0.4) is 0 Å². The van der Waals surface area contributed by atoms with Crippen LogP contribution < -0.4 is 9.47 Å². The Morgan fingerprint density at radius 3 is 2.50 bits per heavy atom. The quantitative estimate of drug-likeness (QED) is 0.442. The number of carbonyl (C=O) groups excluding carboxylic acids is 2. The van der Waals surface area contributed by atoms with Crippen LogP contribution in [0.5, 0.6) is 11.5 Å². The van der Waals surface area contributed by atoms with Gasteiger partial charge in [0.05, 0.1) is 11.5 Å². The first kappa shape index (κ1) is 22.4. The zero-order valence-electron chi connectivity index (χ0n) is 16.8. The van der Waals surface area contributed by atoms with Gasteiger partial charge in [0, 0.05) is 16.1 Å². The van der Waals surface area contributed by atoms with E-state index in [0.29, 0.717) is 38.6 Å². The molecule has 1 aliphatic rings. The summed E-state index contributed by atoms with van der Waals surface area (Å²) in [7, 11) is 0. The standard InChI is InChI=1S/C22H21BrFNO4S/c1-4-28-18-9-15(10-20-21(26)25(13(2)3)22(27)30-20)16(23)11-19(18)29-12-14-7-5-6-8-17(14)24/h5-11,13H,4,12H2,1-3H3/b20-10+. The lowest BCUT2D eigenvalue weighted by Gasteiger charge is -2.16. The molecule has 8 heteroatoms. The molecule has 2 aromatic carbocycles. The maximum atomic E-state index is 13.9. The van der Waals surface area contributed by atoms with E-state index in [2.05, 4.69) is 15.9 Å². The Kier molecular flexibility index (Phi) is 7.20. The van der Waals surface area contributed by atoms with Crippen molar-refractivity contribution in [3.05, 3.63) is 62.7 Å². The van der Waals surface area contributed by atoms with Gasteiger partial charge < -0.3 is 9.47 Å². The number of amides is 2. The molecular weight excluding hydrogens is 473 g/mol. The maximum Gasteiger partial charge on any atom is 0.293 e. The van der Waals surface area contributed by atoms with Gasteiger partial charge in [-0.25, -0.2) is 4.39 Å². The number of nitrogens with zero attached hydrogens (tertiary/aromatic N) is 1. The maximum absolute atomic E-state index is 13.9. The molecule has 0 radical (unpaired) electrons. The van der Waals surface area contributed by atoms with E-state index in [1.54, 1.807) is 50.3 Å². The molecule has 1 fully saturated rings. The van der Waals surface area contributed by atoms with Gasteiger partial charge in [-0.15, -0.1) is 0 Å². The molecule has 3 rings (SSSR count). The van der Waals surface area contributed by atoms with Crippen LogP contribution in [0.15, 0.2) is 45.8 Å². The van der Waals surface area contributed by atoms with E-state index in [0.717, 1.165) is 11.8 Å². The topological polar surface area (TPSA) is 55.8 Å². The summed E-state index contributed by atoms with van der Waals surface area (Å²) in [6, 6.07) is 9.64. The molecule has 2 aromatic rings. The second-order valence-corrected chi connectivity index (χ2v) is 8.63. The molecule has 1 heterocycles. The number of ether oxygens (including phenoxy) is 2. The second-order valence-electron chi connectivity index (χ2n) is 6.78. The minimum absolute atomic E-state index is 0.0474. The lowest BCUT2D eigenvalue weighted by atomic mass is 10.1. The molecule has 5 nitrogen and oxygen atoms in total. The van der Waals surface area contributed by atoms with Gasteiger partial charge in [-0.3, -0.25) is 14.5 Å². The average Bonchev–Trinajstić information content (AvgIpc) is 2.97. The van der Waals surface area contributed by atoms with Crippen molar-refractivity contribution in [2.24, 2.45) is 0 Å². The molecule has 1 aliphatic heterocycles. The summed E-state index contributed by atoms with van der Waals surface area (Å²) in [4.78, 5) is 26.3. The Morgan fingerprint density at radius 1 is 1.17 bits per heavy atom. The molecule has 1 saturated heterocycles. The van der Waals surface area contributed by atoms with Crippen molar-refractivity contribution in [2.45, 2.75) is 33.4 Å². The van der Waals surface area contributed by atoms with Gasteiger partial charge >= 0.3 is 0 Å². The summed E-state index contributed by atoms with van der Waals surface area (Å²) >= 11 is 4.40. The number of imide groups is 1. The number of halogens is 2. The highest BCUT2D eigenvalue weighted by Gasteiger charge is 2.36. The highest BCUT2D eigenvalue weighted by atomic mass is 79.9. The molecule has 30 heavy (non-hydrogen) atoms. The molecule has 0 bridgehead atoms. The summed E-state index contributed by atoms with van der Waals surface area (Å²) < 4.78 is 26.0. The fourth-order valence-corrected chi connectivity index (χ4v) is 4.27. The largest absolute Gasteiger partial charge is 0.490 e. The van der Waals surface area contributed by atoms with Gasteiger partial charge in [0.25, 0.3) is 11.1 Å². The Morgan fingerprint density at radius 2 is 1.87 bits per heavy atom. The molecular formula is C22H21BrFNO4S. The summed E-state index contributed by atoms with van der Waals surface area (Å²) in [5, 5.41) is -0.285. The Balaban J connectivity index is 1.89. The molecule has 0 saturated carbocycles. The third kappa shape index (κ3) is 4.87. The predicted octanol–water partition coefficient (Wildman–Crippen LogP) is 6.01. The summed E-state index contributed by atoms with van der Waals surface area (Å²) in [5.74, 6) is 0.252. The van der Waals surface area contributed by atoms with Crippen molar-refractivity contribution in [3.8, 4) is 11.5 Å². The normalized spacial score (nSPS) is 15.4. The van der Waals surface area contributed by atoms with Crippen LogP contribution in [-0.4, -0.2) is 28.7 Å². The van der Waals surface area contributed by atoms with Gasteiger partial charge in [0.15, 0.2) is 11.5 Å². The van der Waals surface area contributed by atoms with Crippen molar-refractivity contribution in [1.29, 1.82) is 0 Å². The first-order chi connectivity index (χ1) is 14.3. The smallest absolute Gasteiger partial charge is 0.293 e. The first-order valence-electron chi connectivity index (χ1n) is 9.41. The van der Waals surface area contributed by atoms with Crippen LogP contribution in [0.2, 0.25) is 0 Å². The van der Waals surface area contributed by atoms with E-state index in [1.807, 2.05) is 6.92 Å². The molecule has 2 amide bonds. The number of benzene rings is 2. The molecule has 0 unspecified atom stereocenters. The number of hydrogen-bond acceptors (Lipinski definition) is 5. The number of hydrogen-bond donors (Lipinski definition) is 0. The second kappa shape index (κ2) is 9.66. The Bertz CT molecular complexity index is 1010. The molecule has 0 spiro atoms. The van der Waals surface area contributed by atoms with E-state index in [1.165, 1.54) is 11.0 Å². The fraction of sp³-hybridized carbons (Fsp3) is 0.273. The zero-order valence-corrected chi connectivity index (χ0v) is 19.2. The van der Waals surface area contributed by atoms with Gasteiger partial charge in [-0.2, -0.15) is 0 Å². The van der Waals surface area contributed by atoms with Gasteiger partial charge in [0.2, 0.25) is 0 Å². The van der Waals surface area contributed by atoms with Crippen molar-refractivity contribution >= 4 is 44.9 Å². The van der Waals surface area contributed by atoms with Gasteiger partial charge in [-0.1, -0.05) is 34.1 Å². The van der Waals surface area contributed by atoms with Crippen molar-refractivity contribution in [2.75, 3.05) is 6.61 Å². The van der Waals surface area contributed by atoms with Crippen LogP contribution in [0.25, 0.3) is 6.08 Å². The molecule has 0 aromatic heterocycles. The summed E-state index contributed by atoms with van der Waals surface area (Å²) in [6.45, 7) is 5.89. The first-order valence-corrected chi connectivity index (χ1v) is 11.0. The van der Waals surface area contributed by atoms with E-state index >= 15 is 0 Å². The number of thioether (sulfide) groups is 1. The predicted molar refractivity (Wildman–Crippen MR) is 119 cm³/mol. The summed E-state index contributed by atoms with van der Waals surface area (Å²) in [5.41, 5.74) is 1.11. The van der Waals surface area contributed by atoms with Gasteiger partial charge in [-0.05, 0) is 62.4 Å². The van der Waals surface area contributed by atoms with E-state index in [9.17, 15) is 14.0 Å². The SMILES string of the molecule is CCOc1cc(/C=C2/SC(=O)N(C(C)C)C2=O)c(Br)cc1OCc1ccccc1F. The van der Waals surface area contributed by atoms with E-state index in [-0.39, 0.29) is 29.6 Å². The number of carbonyl (C=O) groups is 2. The van der Waals surface area contributed by atoms with Crippen molar-refractivity contribution in [3.63, 3.8) is 0 Å². The van der Waals surface area contributed by atoms with Crippen LogP contribution in [0.4, 0.5) is 9.18 Å². The Labute approximate surface area is 187 Å². The lowest BCUT2D eigenvalue weighted by molar-refractivity contribution is -0.123. The third-order valence-electron chi connectivity index (χ3n) is 4.33. The zero-order chi connectivity index (χ0) is 21.8. The molecule has 158 valence electrons. The van der Waals surface area contributed by atoms with Gasteiger partial charge in [0.1, 0.15) is 12.4 Å². The Hall–Kier alpha value is -2.32. The average molecular weight is 494 g/mol. The van der Waals surface area contributed by atoms with E-state index in [4.69, 9.17) is 9.47 Å². The highest BCUT2D eigenvalue weighted by molar-refractivity contribution is 9.10. The van der Waals surface area contributed by atoms with Crippen molar-refractivity contribution in [1.82, 2.24) is 4.90 Å².